The molecule has 0 bridgehead atoms. The number of carbonyl (C=O) groups excluding carboxylic acids is 1. The molecule has 0 spiro atoms. The van der Waals surface area contributed by atoms with Gasteiger partial charge in [0, 0.05) is 19.3 Å². The molecule has 23 heavy (non-hydrogen) atoms. The van der Waals surface area contributed by atoms with Crippen LogP contribution < -0.4 is 5.32 Å². The molecular weight excluding hydrogens is 310 g/mol. The lowest BCUT2D eigenvalue weighted by Crippen LogP contribution is -2.35. The Kier molecular flexibility index (Phi) is 4.64. The van der Waals surface area contributed by atoms with E-state index in [9.17, 15) is 4.79 Å². The largest absolute Gasteiger partial charge is 0.383 e. The van der Waals surface area contributed by atoms with Gasteiger partial charge in [0.05, 0.1) is 22.4 Å². The Morgan fingerprint density at radius 1 is 1.30 bits per heavy atom. The van der Waals surface area contributed by atoms with Gasteiger partial charge in [-0.3, -0.25) is 9.78 Å². The van der Waals surface area contributed by atoms with Crippen LogP contribution in [0.25, 0.3) is 20.9 Å². The zero-order chi connectivity index (χ0) is 16.2. The van der Waals surface area contributed by atoms with E-state index in [4.69, 9.17) is 4.74 Å². The van der Waals surface area contributed by atoms with Gasteiger partial charge in [0.2, 0.25) is 0 Å². The number of nitrogens with zero attached hydrogens (tertiary/aromatic N) is 2. The molecule has 0 fully saturated rings. The second-order valence-corrected chi connectivity index (χ2v) is 6.25. The van der Waals surface area contributed by atoms with Gasteiger partial charge in [-0.15, -0.1) is 11.3 Å². The molecule has 3 rings (SSSR count). The first-order valence-corrected chi connectivity index (χ1v) is 8.11. The lowest BCUT2D eigenvalue weighted by atomic mass is 10.1. The zero-order valence-corrected chi connectivity index (χ0v) is 13.8. The van der Waals surface area contributed by atoms with E-state index in [1.54, 1.807) is 25.4 Å². The van der Waals surface area contributed by atoms with E-state index in [0.717, 1.165) is 15.2 Å². The Labute approximate surface area is 138 Å². The Balaban J connectivity index is 1.95. The molecule has 0 aliphatic heterocycles. The number of aromatic nitrogens is 2. The summed E-state index contributed by atoms with van der Waals surface area (Å²) < 4.78 is 6.13. The van der Waals surface area contributed by atoms with Gasteiger partial charge in [-0.2, -0.15) is 0 Å². The van der Waals surface area contributed by atoms with Crippen molar-refractivity contribution in [2.45, 2.75) is 13.0 Å². The van der Waals surface area contributed by atoms with Gasteiger partial charge in [-0.25, -0.2) is 4.98 Å². The Hall–Kier alpha value is -2.31. The number of thiazole rings is 1. The summed E-state index contributed by atoms with van der Waals surface area (Å²) >= 11 is 1.53. The third-order valence-electron chi connectivity index (χ3n) is 3.34. The maximum atomic E-state index is 12.5. The number of benzene rings is 1. The number of pyridine rings is 1. The summed E-state index contributed by atoms with van der Waals surface area (Å²) in [6.45, 7) is 2.36. The van der Waals surface area contributed by atoms with Gasteiger partial charge in [0.15, 0.2) is 0 Å². The molecule has 5 nitrogen and oxygen atoms in total. The minimum atomic E-state index is -0.170. The molecule has 2 aromatic heterocycles. The first-order valence-electron chi connectivity index (χ1n) is 7.30. The van der Waals surface area contributed by atoms with E-state index >= 15 is 0 Å². The molecule has 2 heterocycles. The number of rotatable bonds is 5. The molecule has 0 saturated carbocycles. The highest BCUT2D eigenvalue weighted by molar-refractivity contribution is 7.21. The summed E-state index contributed by atoms with van der Waals surface area (Å²) in [6, 6.07) is 11.3. The fraction of sp³-hybridized carbons (Fsp3) is 0.235. The second-order valence-electron chi connectivity index (χ2n) is 5.22. The number of methoxy groups -OCH3 is 1. The molecule has 0 unspecified atom stereocenters. The molecule has 1 aromatic carbocycles. The smallest absolute Gasteiger partial charge is 0.253 e. The maximum Gasteiger partial charge on any atom is 0.253 e. The highest BCUT2D eigenvalue weighted by atomic mass is 32.1. The van der Waals surface area contributed by atoms with E-state index in [1.165, 1.54) is 11.3 Å². The van der Waals surface area contributed by atoms with Gasteiger partial charge >= 0.3 is 0 Å². The minimum Gasteiger partial charge on any atom is -0.383 e. The number of nitrogens with one attached hydrogen (secondary N) is 1. The SMILES string of the molecule is COC[C@@H](C)NC(=O)c1cccnc1-c1nc2ccccc2s1. The number of carbonyl (C=O) groups is 1. The van der Waals surface area contributed by atoms with Crippen LogP contribution in [0.1, 0.15) is 17.3 Å². The van der Waals surface area contributed by atoms with Crippen molar-refractivity contribution in [1.29, 1.82) is 0 Å². The number of fused-ring (bicyclic) bond motifs is 1. The lowest BCUT2D eigenvalue weighted by molar-refractivity contribution is 0.0906. The van der Waals surface area contributed by atoms with Crippen molar-refractivity contribution in [3.8, 4) is 10.7 Å². The van der Waals surface area contributed by atoms with Crippen molar-refractivity contribution in [2.24, 2.45) is 0 Å². The number of amides is 1. The number of hydrogen-bond donors (Lipinski definition) is 1. The standard InChI is InChI=1S/C17H17N3O2S/c1-11(10-22-2)19-16(21)12-6-5-9-18-15(12)17-20-13-7-3-4-8-14(13)23-17/h3-9,11H,10H2,1-2H3,(H,19,21)/t11-/m1/s1. The minimum absolute atomic E-state index is 0.0732. The molecule has 3 aromatic rings. The van der Waals surface area contributed by atoms with Crippen molar-refractivity contribution in [1.82, 2.24) is 15.3 Å². The first-order chi connectivity index (χ1) is 11.2. The average Bonchev–Trinajstić information content (AvgIpc) is 2.99. The van der Waals surface area contributed by atoms with E-state index in [2.05, 4.69) is 15.3 Å². The van der Waals surface area contributed by atoms with Gasteiger partial charge in [0.1, 0.15) is 10.7 Å². The fourth-order valence-corrected chi connectivity index (χ4v) is 3.30. The third-order valence-corrected chi connectivity index (χ3v) is 4.39. The topological polar surface area (TPSA) is 64.1 Å². The van der Waals surface area contributed by atoms with Crippen LogP contribution in [0, 0.1) is 0 Å². The van der Waals surface area contributed by atoms with Crippen LogP contribution in [-0.4, -0.2) is 35.6 Å². The van der Waals surface area contributed by atoms with Crippen LogP contribution in [0.4, 0.5) is 0 Å². The van der Waals surface area contributed by atoms with Gasteiger partial charge in [0.25, 0.3) is 5.91 Å². The predicted octanol–water partition coefficient (Wildman–Crippen LogP) is 3.12. The quantitative estimate of drug-likeness (QED) is 0.782. The highest BCUT2D eigenvalue weighted by Crippen LogP contribution is 2.30. The van der Waals surface area contributed by atoms with Crippen molar-refractivity contribution in [3.63, 3.8) is 0 Å². The normalized spacial score (nSPS) is 12.3. The van der Waals surface area contributed by atoms with Crippen molar-refractivity contribution < 1.29 is 9.53 Å². The third kappa shape index (κ3) is 3.38. The summed E-state index contributed by atoms with van der Waals surface area (Å²) in [6.07, 6.45) is 1.68. The summed E-state index contributed by atoms with van der Waals surface area (Å²) in [5.41, 5.74) is 2.04. The monoisotopic (exact) mass is 327 g/mol. The van der Waals surface area contributed by atoms with E-state index < -0.39 is 0 Å². The molecule has 6 heteroatoms. The fourth-order valence-electron chi connectivity index (χ4n) is 2.33. The Morgan fingerprint density at radius 3 is 2.91 bits per heavy atom. The summed E-state index contributed by atoms with van der Waals surface area (Å²) in [5.74, 6) is -0.170. The Bertz CT molecular complexity index is 798. The van der Waals surface area contributed by atoms with Gasteiger partial charge in [-0.05, 0) is 31.2 Å². The molecular formula is C17H17N3O2S. The van der Waals surface area contributed by atoms with Crippen molar-refractivity contribution in [3.05, 3.63) is 48.2 Å². The zero-order valence-electron chi connectivity index (χ0n) is 12.9. The number of ether oxygens (including phenoxy) is 1. The molecule has 0 saturated heterocycles. The lowest BCUT2D eigenvalue weighted by Gasteiger charge is -2.13. The summed E-state index contributed by atoms with van der Waals surface area (Å²) in [5, 5.41) is 3.66. The molecule has 118 valence electrons. The number of hydrogen-bond acceptors (Lipinski definition) is 5. The molecule has 0 aliphatic carbocycles. The Morgan fingerprint density at radius 2 is 2.13 bits per heavy atom. The summed E-state index contributed by atoms with van der Waals surface area (Å²) in [7, 11) is 1.61. The van der Waals surface area contributed by atoms with Crippen LogP contribution in [0.3, 0.4) is 0 Å². The van der Waals surface area contributed by atoms with Crippen molar-refractivity contribution >= 4 is 27.5 Å². The van der Waals surface area contributed by atoms with Crippen LogP contribution >= 0.6 is 11.3 Å². The van der Waals surface area contributed by atoms with Crippen LogP contribution in [-0.2, 0) is 4.74 Å². The van der Waals surface area contributed by atoms with Crippen LogP contribution in [0.2, 0.25) is 0 Å². The molecule has 1 atom stereocenters. The van der Waals surface area contributed by atoms with Crippen LogP contribution in [0.5, 0.6) is 0 Å². The van der Waals surface area contributed by atoms with E-state index in [0.29, 0.717) is 17.9 Å². The first kappa shape index (κ1) is 15.6. The molecule has 0 radical (unpaired) electrons. The van der Waals surface area contributed by atoms with Crippen molar-refractivity contribution in [2.75, 3.05) is 13.7 Å². The van der Waals surface area contributed by atoms with Crippen LogP contribution in [0.15, 0.2) is 42.6 Å². The number of para-hydroxylation sites is 1. The second kappa shape index (κ2) is 6.85. The average molecular weight is 327 g/mol. The predicted molar refractivity (Wildman–Crippen MR) is 91.7 cm³/mol. The molecule has 0 aliphatic rings. The summed E-state index contributed by atoms with van der Waals surface area (Å²) in [4.78, 5) is 21.5. The van der Waals surface area contributed by atoms with E-state index in [-0.39, 0.29) is 11.9 Å². The van der Waals surface area contributed by atoms with Gasteiger partial charge in [-0.1, -0.05) is 12.1 Å². The maximum absolute atomic E-state index is 12.5. The molecule has 1 amide bonds. The van der Waals surface area contributed by atoms with Gasteiger partial charge < -0.3 is 10.1 Å². The van der Waals surface area contributed by atoms with E-state index in [1.807, 2.05) is 31.2 Å². The highest BCUT2D eigenvalue weighted by Gasteiger charge is 2.18. The molecule has 1 N–H and O–H groups in total.